The van der Waals surface area contributed by atoms with E-state index in [1.54, 1.807) is 13.4 Å². The largest absolute Gasteiger partial charge is 0.481 e. The van der Waals surface area contributed by atoms with Crippen LogP contribution in [0.1, 0.15) is 20.8 Å². The van der Waals surface area contributed by atoms with Crippen molar-refractivity contribution in [2.45, 2.75) is 32.4 Å². The number of piperazine rings is 1. The second-order valence-corrected chi connectivity index (χ2v) is 5.59. The molecule has 100 valence electrons. The van der Waals surface area contributed by atoms with Gasteiger partial charge in [-0.25, -0.2) is 9.97 Å². The third kappa shape index (κ3) is 2.41. The predicted octanol–water partition coefficient (Wildman–Crippen LogP) is 1.40. The molecule has 1 atom stereocenters. The van der Waals surface area contributed by atoms with Crippen LogP contribution in [0.2, 0.25) is 0 Å². The van der Waals surface area contributed by atoms with Gasteiger partial charge in [-0.05, 0) is 27.8 Å². The standard InChI is InChI=1S/C13H22N4O/c1-10-7-16(4)13(2,3)8-17(10)11-6-12(18-5)15-9-14-11/h6,9-10H,7-8H2,1-5H3/t10-/m0/s1. The van der Waals surface area contributed by atoms with Crippen molar-refractivity contribution in [3.05, 3.63) is 12.4 Å². The zero-order valence-corrected chi connectivity index (χ0v) is 11.8. The Labute approximate surface area is 109 Å². The van der Waals surface area contributed by atoms with Crippen molar-refractivity contribution in [1.82, 2.24) is 14.9 Å². The molecule has 0 amide bonds. The van der Waals surface area contributed by atoms with Crippen LogP contribution in [-0.4, -0.2) is 53.7 Å². The van der Waals surface area contributed by atoms with Gasteiger partial charge in [-0.2, -0.15) is 0 Å². The number of rotatable bonds is 2. The summed E-state index contributed by atoms with van der Waals surface area (Å²) in [6.07, 6.45) is 1.56. The third-order valence-corrected chi connectivity index (χ3v) is 3.79. The molecule has 1 aliphatic heterocycles. The molecule has 5 nitrogen and oxygen atoms in total. The molecule has 5 heteroatoms. The Morgan fingerprint density at radius 1 is 1.39 bits per heavy atom. The highest BCUT2D eigenvalue weighted by atomic mass is 16.5. The zero-order valence-electron chi connectivity index (χ0n) is 11.8. The molecule has 0 saturated carbocycles. The lowest BCUT2D eigenvalue weighted by atomic mass is 9.97. The van der Waals surface area contributed by atoms with Crippen LogP contribution in [0, 0.1) is 0 Å². The Morgan fingerprint density at radius 3 is 2.78 bits per heavy atom. The van der Waals surface area contributed by atoms with E-state index in [0.717, 1.165) is 18.9 Å². The molecule has 2 heterocycles. The molecule has 0 unspecified atom stereocenters. The maximum absolute atomic E-state index is 5.17. The summed E-state index contributed by atoms with van der Waals surface area (Å²) in [5.74, 6) is 1.56. The molecule has 2 rings (SSSR count). The molecule has 1 fully saturated rings. The predicted molar refractivity (Wildman–Crippen MR) is 72.1 cm³/mol. The number of hydrogen-bond acceptors (Lipinski definition) is 5. The monoisotopic (exact) mass is 250 g/mol. The summed E-state index contributed by atoms with van der Waals surface area (Å²) < 4.78 is 5.17. The summed E-state index contributed by atoms with van der Waals surface area (Å²) in [5, 5.41) is 0. The second-order valence-electron chi connectivity index (χ2n) is 5.59. The average molecular weight is 250 g/mol. The molecule has 1 saturated heterocycles. The Kier molecular flexibility index (Phi) is 3.43. The third-order valence-electron chi connectivity index (χ3n) is 3.79. The molecule has 0 spiro atoms. The first-order valence-corrected chi connectivity index (χ1v) is 6.28. The van der Waals surface area contributed by atoms with Gasteiger partial charge in [0.25, 0.3) is 0 Å². The first-order chi connectivity index (χ1) is 8.44. The Balaban J connectivity index is 2.26. The normalized spacial score (nSPS) is 24.1. The van der Waals surface area contributed by atoms with Gasteiger partial charge in [-0.15, -0.1) is 0 Å². The minimum Gasteiger partial charge on any atom is -0.481 e. The molecule has 0 aromatic carbocycles. The molecule has 0 radical (unpaired) electrons. The summed E-state index contributed by atoms with van der Waals surface area (Å²) in [5.41, 5.74) is 0.144. The van der Waals surface area contributed by atoms with Crippen LogP contribution < -0.4 is 9.64 Å². The molecule has 1 aromatic rings. The van der Waals surface area contributed by atoms with Gasteiger partial charge in [0, 0.05) is 30.7 Å². The quantitative estimate of drug-likeness (QED) is 0.793. The molecular weight excluding hydrogens is 228 g/mol. The van der Waals surface area contributed by atoms with E-state index in [-0.39, 0.29) is 5.54 Å². The lowest BCUT2D eigenvalue weighted by Gasteiger charge is -2.49. The van der Waals surface area contributed by atoms with E-state index in [1.807, 2.05) is 6.07 Å². The molecule has 0 bridgehead atoms. The summed E-state index contributed by atoms with van der Waals surface area (Å²) in [6, 6.07) is 2.33. The van der Waals surface area contributed by atoms with Crippen LogP contribution in [0.15, 0.2) is 12.4 Å². The van der Waals surface area contributed by atoms with Gasteiger partial charge >= 0.3 is 0 Å². The van der Waals surface area contributed by atoms with E-state index in [1.165, 1.54) is 0 Å². The highest BCUT2D eigenvalue weighted by Crippen LogP contribution is 2.27. The number of aromatic nitrogens is 2. The minimum atomic E-state index is 0.144. The van der Waals surface area contributed by atoms with Gasteiger partial charge in [0.1, 0.15) is 12.1 Å². The topological polar surface area (TPSA) is 41.5 Å². The number of anilines is 1. The fraction of sp³-hybridized carbons (Fsp3) is 0.692. The highest BCUT2D eigenvalue weighted by Gasteiger charge is 2.35. The average Bonchev–Trinajstić information content (AvgIpc) is 2.34. The van der Waals surface area contributed by atoms with E-state index in [2.05, 4.69) is 47.6 Å². The lowest BCUT2D eigenvalue weighted by Crippen LogP contribution is -2.61. The molecule has 0 aliphatic carbocycles. The zero-order chi connectivity index (χ0) is 13.3. The van der Waals surface area contributed by atoms with E-state index in [0.29, 0.717) is 11.9 Å². The van der Waals surface area contributed by atoms with Crippen molar-refractivity contribution in [2.24, 2.45) is 0 Å². The van der Waals surface area contributed by atoms with Crippen molar-refractivity contribution in [3.63, 3.8) is 0 Å². The van der Waals surface area contributed by atoms with E-state index < -0.39 is 0 Å². The van der Waals surface area contributed by atoms with Gasteiger partial charge in [0.15, 0.2) is 0 Å². The SMILES string of the molecule is COc1cc(N2CC(C)(C)N(C)C[C@@H]2C)ncn1. The van der Waals surface area contributed by atoms with Gasteiger partial charge in [-0.3, -0.25) is 4.90 Å². The summed E-state index contributed by atoms with van der Waals surface area (Å²) in [6.45, 7) is 8.71. The smallest absolute Gasteiger partial charge is 0.218 e. The number of nitrogens with zero attached hydrogens (tertiary/aromatic N) is 4. The lowest BCUT2D eigenvalue weighted by molar-refractivity contribution is 0.118. The number of hydrogen-bond donors (Lipinski definition) is 0. The molecule has 1 aromatic heterocycles. The first kappa shape index (κ1) is 13.1. The van der Waals surface area contributed by atoms with Crippen molar-refractivity contribution in [3.8, 4) is 5.88 Å². The van der Waals surface area contributed by atoms with Gasteiger partial charge < -0.3 is 9.64 Å². The van der Waals surface area contributed by atoms with Crippen molar-refractivity contribution in [2.75, 3.05) is 32.1 Å². The van der Waals surface area contributed by atoms with Gasteiger partial charge in [0.05, 0.1) is 7.11 Å². The summed E-state index contributed by atoms with van der Waals surface area (Å²) >= 11 is 0. The number of ether oxygens (including phenoxy) is 1. The van der Waals surface area contributed by atoms with E-state index in [4.69, 9.17) is 4.74 Å². The first-order valence-electron chi connectivity index (χ1n) is 6.28. The second kappa shape index (κ2) is 4.72. The van der Waals surface area contributed by atoms with Gasteiger partial charge in [-0.1, -0.05) is 0 Å². The van der Waals surface area contributed by atoms with Crippen molar-refractivity contribution in [1.29, 1.82) is 0 Å². The number of methoxy groups -OCH3 is 1. The fourth-order valence-electron chi connectivity index (χ4n) is 2.34. The number of likely N-dealkylation sites (N-methyl/N-ethyl adjacent to an activating group) is 1. The molecule has 1 aliphatic rings. The molecular formula is C13H22N4O. The van der Waals surface area contributed by atoms with Crippen LogP contribution >= 0.6 is 0 Å². The maximum atomic E-state index is 5.17. The van der Waals surface area contributed by atoms with Crippen LogP contribution in [-0.2, 0) is 0 Å². The Hall–Kier alpha value is -1.36. The van der Waals surface area contributed by atoms with Gasteiger partial charge in [0.2, 0.25) is 5.88 Å². The van der Waals surface area contributed by atoms with E-state index in [9.17, 15) is 0 Å². The van der Waals surface area contributed by atoms with Crippen molar-refractivity contribution >= 4 is 5.82 Å². The van der Waals surface area contributed by atoms with Crippen LogP contribution in [0.4, 0.5) is 5.82 Å². The highest BCUT2D eigenvalue weighted by molar-refractivity contribution is 5.43. The van der Waals surface area contributed by atoms with Crippen molar-refractivity contribution < 1.29 is 4.74 Å². The summed E-state index contributed by atoms with van der Waals surface area (Å²) in [4.78, 5) is 13.1. The van der Waals surface area contributed by atoms with Crippen LogP contribution in [0.25, 0.3) is 0 Å². The van der Waals surface area contributed by atoms with E-state index >= 15 is 0 Å². The Morgan fingerprint density at radius 2 is 2.11 bits per heavy atom. The van der Waals surface area contributed by atoms with Crippen LogP contribution in [0.3, 0.4) is 0 Å². The molecule has 18 heavy (non-hydrogen) atoms. The Bertz CT molecular complexity index is 421. The maximum Gasteiger partial charge on any atom is 0.218 e. The minimum absolute atomic E-state index is 0.144. The molecule has 0 N–H and O–H groups in total. The summed E-state index contributed by atoms with van der Waals surface area (Å²) in [7, 11) is 3.80. The fourth-order valence-corrected chi connectivity index (χ4v) is 2.34. The van der Waals surface area contributed by atoms with Crippen LogP contribution in [0.5, 0.6) is 5.88 Å².